The van der Waals surface area contributed by atoms with Crippen LogP contribution < -0.4 is 14.8 Å². The second kappa shape index (κ2) is 7.44. The fourth-order valence-corrected chi connectivity index (χ4v) is 2.38. The molecule has 0 saturated carbocycles. The van der Waals surface area contributed by atoms with Crippen LogP contribution >= 0.6 is 0 Å². The molecule has 6 nitrogen and oxygen atoms in total. The zero-order chi connectivity index (χ0) is 17.6. The first-order chi connectivity index (χ1) is 12.2. The Balaban J connectivity index is 1.92. The second-order valence-corrected chi connectivity index (χ2v) is 5.12. The van der Waals surface area contributed by atoms with Gasteiger partial charge < -0.3 is 9.47 Å². The van der Waals surface area contributed by atoms with Crippen molar-refractivity contribution in [2.24, 2.45) is 4.99 Å². The number of hydrogen-bond acceptors (Lipinski definition) is 4. The normalized spacial score (nSPS) is 11.2. The van der Waals surface area contributed by atoms with Gasteiger partial charge in [-0.25, -0.2) is 9.67 Å². The van der Waals surface area contributed by atoms with Crippen LogP contribution in [-0.4, -0.2) is 29.9 Å². The van der Waals surface area contributed by atoms with Crippen molar-refractivity contribution in [3.05, 3.63) is 77.9 Å². The number of benzene rings is 2. The number of carbonyl (C=O) groups is 1. The maximum absolute atomic E-state index is 12.5. The highest BCUT2D eigenvalue weighted by atomic mass is 16.5. The van der Waals surface area contributed by atoms with E-state index in [-0.39, 0.29) is 0 Å². The van der Waals surface area contributed by atoms with Crippen molar-refractivity contribution in [2.75, 3.05) is 14.2 Å². The van der Waals surface area contributed by atoms with Crippen molar-refractivity contribution in [2.45, 2.75) is 0 Å². The number of ether oxygens (including phenoxy) is 2. The van der Waals surface area contributed by atoms with E-state index >= 15 is 0 Å². The molecule has 0 atom stereocenters. The van der Waals surface area contributed by atoms with Crippen molar-refractivity contribution >= 4 is 5.91 Å². The molecule has 0 bridgehead atoms. The summed E-state index contributed by atoms with van der Waals surface area (Å²) < 4.78 is 12.2. The largest absolute Gasteiger partial charge is 0.493 e. The minimum Gasteiger partial charge on any atom is -0.493 e. The van der Waals surface area contributed by atoms with Crippen LogP contribution in [0.25, 0.3) is 5.69 Å². The molecule has 1 heterocycles. The van der Waals surface area contributed by atoms with E-state index in [9.17, 15) is 4.79 Å². The molecule has 25 heavy (non-hydrogen) atoms. The van der Waals surface area contributed by atoms with Gasteiger partial charge in [0, 0.05) is 6.20 Å². The topological polar surface area (TPSA) is 65.7 Å². The van der Waals surface area contributed by atoms with Gasteiger partial charge in [-0.15, -0.1) is 0 Å². The molecule has 0 fully saturated rings. The number of amides is 1. The minimum absolute atomic E-state index is 0.335. The van der Waals surface area contributed by atoms with Crippen molar-refractivity contribution in [3.8, 4) is 17.2 Å². The molecule has 1 amide bonds. The summed E-state index contributed by atoms with van der Waals surface area (Å²) in [5.41, 5.74) is 1.26. The van der Waals surface area contributed by atoms with Crippen molar-refractivity contribution in [1.82, 2.24) is 9.78 Å². The van der Waals surface area contributed by atoms with Gasteiger partial charge in [-0.05, 0) is 30.3 Å². The summed E-state index contributed by atoms with van der Waals surface area (Å²) in [6.07, 6.45) is 3.29. The molecule has 0 radical (unpaired) electrons. The summed E-state index contributed by atoms with van der Waals surface area (Å²) in [5, 5.41) is 4.75. The van der Waals surface area contributed by atoms with E-state index in [1.54, 1.807) is 35.1 Å². The van der Waals surface area contributed by atoms with Crippen LogP contribution in [0.3, 0.4) is 0 Å². The quantitative estimate of drug-likeness (QED) is 0.735. The van der Waals surface area contributed by atoms with Gasteiger partial charge in [0.05, 0.1) is 37.0 Å². The Morgan fingerprint density at radius 1 is 1.00 bits per heavy atom. The number of carbonyl (C=O) groups excluding carboxylic acids is 1. The highest BCUT2D eigenvalue weighted by Crippen LogP contribution is 2.30. The maximum Gasteiger partial charge on any atom is 0.281 e. The molecule has 6 heteroatoms. The Bertz CT molecular complexity index is 929. The summed E-state index contributed by atoms with van der Waals surface area (Å²) in [4.78, 5) is 16.6. The fraction of sp³-hybridized carbons (Fsp3) is 0.105. The highest BCUT2D eigenvalue weighted by molar-refractivity contribution is 5.98. The molecule has 0 aliphatic rings. The van der Waals surface area contributed by atoms with Crippen LogP contribution in [0.4, 0.5) is 0 Å². The Kier molecular flexibility index (Phi) is 4.89. The Labute approximate surface area is 145 Å². The molecule has 2 aromatic carbocycles. The van der Waals surface area contributed by atoms with Gasteiger partial charge >= 0.3 is 0 Å². The number of rotatable bonds is 4. The van der Waals surface area contributed by atoms with E-state index in [0.29, 0.717) is 22.4 Å². The predicted octanol–water partition coefficient (Wildman–Crippen LogP) is 2.63. The SMILES string of the molecule is COc1cccc(C(=O)/N=c2\ccn(-c3ccccc3)nc2)c1OC. The van der Waals surface area contributed by atoms with Crippen LogP contribution in [0, 0.1) is 0 Å². The van der Waals surface area contributed by atoms with E-state index in [0.717, 1.165) is 5.69 Å². The molecule has 0 N–H and O–H groups in total. The average Bonchev–Trinajstić information content (AvgIpc) is 2.68. The lowest BCUT2D eigenvalue weighted by atomic mass is 10.1. The monoisotopic (exact) mass is 335 g/mol. The molecular weight excluding hydrogens is 318 g/mol. The lowest BCUT2D eigenvalue weighted by molar-refractivity contribution is 0.0995. The third kappa shape index (κ3) is 3.58. The average molecular weight is 335 g/mol. The van der Waals surface area contributed by atoms with Gasteiger partial charge in [0.1, 0.15) is 0 Å². The van der Waals surface area contributed by atoms with Gasteiger partial charge in [-0.1, -0.05) is 24.3 Å². The van der Waals surface area contributed by atoms with Crippen LogP contribution in [0.15, 0.2) is 72.0 Å². The molecule has 3 aromatic rings. The van der Waals surface area contributed by atoms with Crippen LogP contribution in [0.5, 0.6) is 11.5 Å². The van der Waals surface area contributed by atoms with E-state index in [4.69, 9.17) is 9.47 Å². The summed E-state index contributed by atoms with van der Waals surface area (Å²) in [6.45, 7) is 0. The Hall–Kier alpha value is -3.41. The first-order valence-electron chi connectivity index (χ1n) is 7.63. The van der Waals surface area contributed by atoms with Crippen molar-refractivity contribution in [3.63, 3.8) is 0 Å². The summed E-state index contributed by atoms with van der Waals surface area (Å²) in [6, 6.07) is 16.5. The third-order valence-corrected chi connectivity index (χ3v) is 3.59. The highest BCUT2D eigenvalue weighted by Gasteiger charge is 2.15. The number of aromatic nitrogens is 2. The molecule has 1 aromatic heterocycles. The van der Waals surface area contributed by atoms with E-state index in [2.05, 4.69) is 10.1 Å². The third-order valence-electron chi connectivity index (χ3n) is 3.59. The van der Waals surface area contributed by atoms with Gasteiger partial charge in [-0.2, -0.15) is 5.10 Å². The van der Waals surface area contributed by atoms with Crippen LogP contribution in [0.2, 0.25) is 0 Å². The van der Waals surface area contributed by atoms with Crippen LogP contribution in [-0.2, 0) is 0 Å². The van der Waals surface area contributed by atoms with Gasteiger partial charge in [0.2, 0.25) is 0 Å². The molecule has 3 rings (SSSR count). The summed E-state index contributed by atoms with van der Waals surface area (Å²) in [7, 11) is 3.01. The molecule has 0 aliphatic heterocycles. The molecule has 0 aliphatic carbocycles. The Morgan fingerprint density at radius 2 is 1.80 bits per heavy atom. The first-order valence-corrected chi connectivity index (χ1v) is 7.63. The van der Waals surface area contributed by atoms with Crippen molar-refractivity contribution < 1.29 is 14.3 Å². The fourth-order valence-electron chi connectivity index (χ4n) is 2.38. The molecular formula is C19H17N3O3. The number of methoxy groups -OCH3 is 2. The predicted molar refractivity (Wildman–Crippen MR) is 93.0 cm³/mol. The number of nitrogens with zero attached hydrogens (tertiary/aromatic N) is 3. The Morgan fingerprint density at radius 3 is 2.44 bits per heavy atom. The van der Waals surface area contributed by atoms with Gasteiger partial charge in [0.25, 0.3) is 5.91 Å². The van der Waals surface area contributed by atoms with E-state index in [1.807, 2.05) is 30.3 Å². The standard InChI is InChI=1S/C19H17N3O3/c1-24-17-10-6-9-16(18(17)25-2)19(23)21-14-11-12-22(20-13-14)15-7-4-3-5-8-15/h3-13H,1-2H3/b21-14+. The zero-order valence-electron chi connectivity index (χ0n) is 13.9. The van der Waals surface area contributed by atoms with Crippen molar-refractivity contribution in [1.29, 1.82) is 0 Å². The second-order valence-electron chi connectivity index (χ2n) is 5.12. The van der Waals surface area contributed by atoms with E-state index in [1.165, 1.54) is 20.4 Å². The first kappa shape index (κ1) is 16.4. The molecule has 0 unspecified atom stereocenters. The number of para-hydroxylation sites is 2. The zero-order valence-corrected chi connectivity index (χ0v) is 13.9. The summed E-state index contributed by atoms with van der Waals surface area (Å²) in [5.74, 6) is 0.425. The lowest BCUT2D eigenvalue weighted by Gasteiger charge is -2.09. The van der Waals surface area contributed by atoms with Crippen LogP contribution in [0.1, 0.15) is 10.4 Å². The number of hydrogen-bond donors (Lipinski definition) is 0. The van der Waals surface area contributed by atoms with Gasteiger partial charge in [0.15, 0.2) is 11.5 Å². The van der Waals surface area contributed by atoms with E-state index < -0.39 is 5.91 Å². The lowest BCUT2D eigenvalue weighted by Crippen LogP contribution is -2.12. The minimum atomic E-state index is -0.421. The smallest absolute Gasteiger partial charge is 0.281 e. The molecule has 0 spiro atoms. The molecule has 0 saturated heterocycles. The van der Waals surface area contributed by atoms with Gasteiger partial charge in [-0.3, -0.25) is 4.79 Å². The summed E-state index contributed by atoms with van der Waals surface area (Å²) >= 11 is 0. The maximum atomic E-state index is 12.5. The molecule has 126 valence electrons.